The molecule has 0 aliphatic rings. The predicted octanol–water partition coefficient (Wildman–Crippen LogP) is -1.94. The number of primary amides is 1. The molecule has 0 saturated heterocycles. The van der Waals surface area contributed by atoms with Crippen LogP contribution < -0.4 is 33.2 Å². The largest absolute Gasteiger partial charge is 0.481 e. The molecule has 0 aliphatic carbocycles. The normalized spacial score (nSPS) is 13.9. The van der Waals surface area contributed by atoms with Gasteiger partial charge in [0.05, 0.1) is 18.9 Å². The number of aromatic amines is 1. The van der Waals surface area contributed by atoms with Crippen LogP contribution in [0.5, 0.6) is 0 Å². The third-order valence-electron chi connectivity index (χ3n) is 6.06. The highest BCUT2D eigenvalue weighted by Crippen LogP contribution is 2.19. The van der Waals surface area contributed by atoms with Crippen LogP contribution in [-0.4, -0.2) is 81.5 Å². The van der Waals surface area contributed by atoms with Crippen LogP contribution in [0.15, 0.2) is 30.5 Å². The maximum absolute atomic E-state index is 13.4. The van der Waals surface area contributed by atoms with Crippen molar-refractivity contribution >= 4 is 46.5 Å². The average molecular weight is 562 g/mol. The van der Waals surface area contributed by atoms with E-state index in [9.17, 15) is 33.9 Å². The molecule has 0 spiro atoms. The number of benzene rings is 1. The van der Waals surface area contributed by atoms with E-state index in [1.54, 1.807) is 30.5 Å². The van der Waals surface area contributed by atoms with Gasteiger partial charge in [-0.15, -0.1) is 0 Å². The molecule has 1 aromatic heterocycles. The van der Waals surface area contributed by atoms with E-state index >= 15 is 0 Å². The molecular weight excluding hydrogens is 526 g/mol. The minimum atomic E-state index is -1.56. The number of carbonyl (C=O) groups is 6. The second-order valence-corrected chi connectivity index (χ2v) is 9.24. The lowest BCUT2D eigenvalue weighted by atomic mass is 10.0. The van der Waals surface area contributed by atoms with Crippen molar-refractivity contribution in [2.45, 2.75) is 62.7 Å². The molecule has 40 heavy (non-hydrogen) atoms. The second kappa shape index (κ2) is 15.2. The van der Waals surface area contributed by atoms with E-state index < -0.39 is 72.6 Å². The molecule has 4 atom stereocenters. The van der Waals surface area contributed by atoms with Gasteiger partial charge in [0.25, 0.3) is 0 Å². The van der Waals surface area contributed by atoms with E-state index in [1.165, 1.54) is 0 Å². The standard InChI is InChI=1S/C25H35N7O8/c26-8-4-3-7-17(25(39)40)30-24(38)19(11-20(28)33)32-23(37)18(31-22(36)15(27)10-21(34)35)9-13-12-29-16-6-2-1-5-14(13)16/h1-2,5-6,12,15,17-19,29H,3-4,7-11,26-27H2,(H2,28,33)(H,30,38)(H,31,36)(H,32,37)(H,34,35)(H,39,40). The number of unbranched alkanes of at least 4 members (excludes halogenated alkanes) is 1. The van der Waals surface area contributed by atoms with Gasteiger partial charge in [0.1, 0.15) is 18.1 Å². The zero-order chi connectivity index (χ0) is 29.8. The third kappa shape index (κ3) is 9.67. The number of H-pyrrole nitrogens is 1. The molecule has 4 unspecified atom stereocenters. The summed E-state index contributed by atoms with van der Waals surface area (Å²) in [7, 11) is 0. The fraction of sp³-hybridized carbons (Fsp3) is 0.440. The van der Waals surface area contributed by atoms with Crippen molar-refractivity contribution in [2.75, 3.05) is 6.54 Å². The molecule has 1 aromatic carbocycles. The first-order chi connectivity index (χ1) is 18.9. The Morgan fingerprint density at radius 3 is 2.10 bits per heavy atom. The summed E-state index contributed by atoms with van der Waals surface area (Å²) in [6.07, 6.45) is 1.19. The second-order valence-electron chi connectivity index (χ2n) is 9.24. The van der Waals surface area contributed by atoms with Crippen molar-refractivity contribution in [3.05, 3.63) is 36.0 Å². The van der Waals surface area contributed by atoms with E-state index in [-0.39, 0.29) is 12.8 Å². The monoisotopic (exact) mass is 561 g/mol. The minimum absolute atomic E-state index is 0.0657. The quantitative estimate of drug-likeness (QED) is 0.0963. The Balaban J connectivity index is 2.28. The summed E-state index contributed by atoms with van der Waals surface area (Å²) in [6, 6.07) is 1.48. The zero-order valence-electron chi connectivity index (χ0n) is 21.7. The number of hydrogen-bond acceptors (Lipinski definition) is 8. The summed E-state index contributed by atoms with van der Waals surface area (Å²) in [6.45, 7) is 0.334. The number of rotatable bonds is 17. The molecule has 15 heteroatoms. The smallest absolute Gasteiger partial charge is 0.326 e. The lowest BCUT2D eigenvalue weighted by Gasteiger charge is -2.24. The van der Waals surface area contributed by atoms with Crippen molar-refractivity contribution in [1.82, 2.24) is 20.9 Å². The lowest BCUT2D eigenvalue weighted by Crippen LogP contribution is -2.58. The number of nitrogens with one attached hydrogen (secondary N) is 4. The number of aromatic nitrogens is 1. The Kier molecular flexibility index (Phi) is 12.0. The van der Waals surface area contributed by atoms with Crippen molar-refractivity contribution in [3.8, 4) is 0 Å². The molecule has 4 amide bonds. The molecule has 0 fully saturated rings. The summed E-state index contributed by atoms with van der Waals surface area (Å²) >= 11 is 0. The number of fused-ring (bicyclic) bond motifs is 1. The summed E-state index contributed by atoms with van der Waals surface area (Å²) in [4.78, 5) is 76.2. The molecule has 2 aromatic rings. The Bertz CT molecular complexity index is 1230. The van der Waals surface area contributed by atoms with Crippen molar-refractivity contribution < 1.29 is 39.0 Å². The van der Waals surface area contributed by atoms with E-state index in [0.717, 1.165) is 10.9 Å². The van der Waals surface area contributed by atoms with Gasteiger partial charge in [-0.25, -0.2) is 4.79 Å². The number of aliphatic carboxylic acids is 2. The van der Waals surface area contributed by atoms with Gasteiger partial charge in [-0.1, -0.05) is 18.2 Å². The topological polar surface area (TPSA) is 273 Å². The molecule has 0 bridgehead atoms. The van der Waals surface area contributed by atoms with Crippen LogP contribution >= 0.6 is 0 Å². The number of para-hydroxylation sites is 1. The molecule has 0 saturated carbocycles. The highest BCUT2D eigenvalue weighted by molar-refractivity contribution is 5.97. The number of carboxylic acid groups (broad SMARTS) is 2. The van der Waals surface area contributed by atoms with Crippen molar-refractivity contribution in [1.29, 1.82) is 0 Å². The number of nitrogens with two attached hydrogens (primary N) is 3. The van der Waals surface area contributed by atoms with Gasteiger partial charge in [0, 0.05) is 23.5 Å². The maximum Gasteiger partial charge on any atom is 0.326 e. The van der Waals surface area contributed by atoms with Crippen LogP contribution in [0.3, 0.4) is 0 Å². The minimum Gasteiger partial charge on any atom is -0.481 e. The highest BCUT2D eigenvalue weighted by Gasteiger charge is 2.32. The average Bonchev–Trinajstić information content (AvgIpc) is 3.29. The van der Waals surface area contributed by atoms with Crippen LogP contribution in [0.4, 0.5) is 0 Å². The van der Waals surface area contributed by atoms with Crippen LogP contribution in [0.1, 0.15) is 37.7 Å². The fourth-order valence-corrected chi connectivity index (χ4v) is 3.99. The first-order valence-electron chi connectivity index (χ1n) is 12.6. The molecule has 218 valence electrons. The SMILES string of the molecule is NCCCCC(NC(=O)C(CC(N)=O)NC(=O)C(Cc1c[nH]c2ccccc12)NC(=O)C(N)CC(=O)O)C(=O)O. The van der Waals surface area contributed by atoms with Gasteiger partial charge in [-0.3, -0.25) is 24.0 Å². The van der Waals surface area contributed by atoms with E-state index in [0.29, 0.717) is 24.9 Å². The zero-order valence-corrected chi connectivity index (χ0v) is 21.7. The first kappa shape index (κ1) is 31.7. The number of amides is 4. The molecule has 0 aliphatic heterocycles. The van der Waals surface area contributed by atoms with E-state index in [4.69, 9.17) is 22.3 Å². The van der Waals surface area contributed by atoms with Gasteiger partial charge in [-0.2, -0.15) is 0 Å². The van der Waals surface area contributed by atoms with Gasteiger partial charge in [0.2, 0.25) is 23.6 Å². The van der Waals surface area contributed by atoms with Gasteiger partial charge in [0.15, 0.2) is 0 Å². The molecule has 12 N–H and O–H groups in total. The van der Waals surface area contributed by atoms with E-state index in [2.05, 4.69) is 20.9 Å². The Morgan fingerprint density at radius 1 is 0.850 bits per heavy atom. The molecular formula is C25H35N7O8. The Hall–Kier alpha value is -4.50. The van der Waals surface area contributed by atoms with Crippen LogP contribution in [0.2, 0.25) is 0 Å². The van der Waals surface area contributed by atoms with E-state index in [1.807, 2.05) is 0 Å². The van der Waals surface area contributed by atoms with Gasteiger partial charge in [-0.05, 0) is 37.4 Å². The summed E-state index contributed by atoms with van der Waals surface area (Å²) in [5, 5.41) is 26.2. The molecule has 15 nitrogen and oxygen atoms in total. The molecule has 2 rings (SSSR count). The van der Waals surface area contributed by atoms with Crippen LogP contribution in [0, 0.1) is 0 Å². The third-order valence-corrected chi connectivity index (χ3v) is 6.06. The Morgan fingerprint density at radius 2 is 1.48 bits per heavy atom. The molecule has 0 radical (unpaired) electrons. The van der Waals surface area contributed by atoms with Crippen molar-refractivity contribution in [2.24, 2.45) is 17.2 Å². The maximum atomic E-state index is 13.4. The van der Waals surface area contributed by atoms with Gasteiger partial charge < -0.3 is 48.3 Å². The number of carbonyl (C=O) groups excluding carboxylic acids is 4. The highest BCUT2D eigenvalue weighted by atomic mass is 16.4. The summed E-state index contributed by atoms with van der Waals surface area (Å²) in [5.41, 5.74) is 17.7. The summed E-state index contributed by atoms with van der Waals surface area (Å²) in [5.74, 6) is -6.38. The Labute approximate surface area is 229 Å². The van der Waals surface area contributed by atoms with Crippen molar-refractivity contribution in [3.63, 3.8) is 0 Å². The number of carboxylic acids is 2. The number of hydrogen-bond donors (Lipinski definition) is 9. The van der Waals surface area contributed by atoms with Crippen LogP contribution in [0.25, 0.3) is 10.9 Å². The van der Waals surface area contributed by atoms with Crippen LogP contribution in [-0.2, 0) is 35.2 Å². The van der Waals surface area contributed by atoms with Gasteiger partial charge >= 0.3 is 11.9 Å². The molecule has 1 heterocycles. The predicted molar refractivity (Wildman–Crippen MR) is 142 cm³/mol. The lowest BCUT2D eigenvalue weighted by molar-refractivity contribution is -0.142. The summed E-state index contributed by atoms with van der Waals surface area (Å²) < 4.78 is 0. The fourth-order valence-electron chi connectivity index (χ4n) is 3.99. The first-order valence-corrected chi connectivity index (χ1v) is 12.6.